The number of alkyl halides is 1. The van der Waals surface area contributed by atoms with E-state index in [-0.39, 0.29) is 0 Å². The normalized spacial score (nSPS) is 14.0. The van der Waals surface area contributed by atoms with E-state index >= 15 is 0 Å². The summed E-state index contributed by atoms with van der Waals surface area (Å²) in [5.41, 5.74) is 0.534. The lowest BCUT2D eigenvalue weighted by molar-refractivity contribution is -0.142. The molecule has 0 aromatic heterocycles. The van der Waals surface area contributed by atoms with Gasteiger partial charge in [0.15, 0.2) is 5.38 Å². The Labute approximate surface area is 98.7 Å². The fourth-order valence-corrected chi connectivity index (χ4v) is 1.45. The van der Waals surface area contributed by atoms with Crippen molar-refractivity contribution < 1.29 is 19.4 Å². The van der Waals surface area contributed by atoms with Crippen molar-refractivity contribution in [3.8, 4) is 5.75 Å². The summed E-state index contributed by atoms with van der Waals surface area (Å²) in [6.45, 7) is 0. The van der Waals surface area contributed by atoms with Crippen molar-refractivity contribution in [1.29, 1.82) is 0 Å². The molecule has 16 heavy (non-hydrogen) atoms. The number of carbonyl (C=O) groups excluding carboxylic acids is 1. The Morgan fingerprint density at radius 2 is 1.88 bits per heavy atom. The summed E-state index contributed by atoms with van der Waals surface area (Å²) in [5.74, 6) is 0.00475. The minimum Gasteiger partial charge on any atom is -0.497 e. The molecule has 0 spiro atoms. The Kier molecular flexibility index (Phi) is 4.58. The molecule has 5 heteroatoms. The van der Waals surface area contributed by atoms with Gasteiger partial charge in [0.05, 0.1) is 14.2 Å². The lowest BCUT2D eigenvalue weighted by Gasteiger charge is -2.15. The third-order valence-corrected chi connectivity index (χ3v) is 2.58. The third-order valence-electron chi connectivity index (χ3n) is 2.16. The number of esters is 1. The van der Waals surface area contributed by atoms with Gasteiger partial charge in [0.25, 0.3) is 0 Å². The van der Waals surface area contributed by atoms with Crippen LogP contribution in [0, 0.1) is 0 Å². The van der Waals surface area contributed by atoms with Crippen LogP contribution >= 0.6 is 11.6 Å². The summed E-state index contributed by atoms with van der Waals surface area (Å²) in [7, 11) is 2.77. The molecule has 0 aliphatic rings. The molecule has 0 aliphatic heterocycles. The highest BCUT2D eigenvalue weighted by molar-refractivity contribution is 6.30. The topological polar surface area (TPSA) is 55.8 Å². The zero-order chi connectivity index (χ0) is 12.1. The van der Waals surface area contributed by atoms with Crippen LogP contribution in [0.2, 0.25) is 0 Å². The van der Waals surface area contributed by atoms with Gasteiger partial charge in [0.1, 0.15) is 11.9 Å². The van der Waals surface area contributed by atoms with E-state index < -0.39 is 17.5 Å². The lowest BCUT2D eigenvalue weighted by atomic mass is 10.1. The van der Waals surface area contributed by atoms with Gasteiger partial charge >= 0.3 is 5.97 Å². The molecule has 88 valence electrons. The minimum atomic E-state index is -1.11. The Morgan fingerprint density at radius 3 is 2.31 bits per heavy atom. The van der Waals surface area contributed by atoms with Gasteiger partial charge in [-0.3, -0.25) is 4.79 Å². The maximum absolute atomic E-state index is 11.1. The molecule has 1 aromatic rings. The van der Waals surface area contributed by atoms with Gasteiger partial charge in [-0.2, -0.15) is 0 Å². The Balaban J connectivity index is 2.79. The van der Waals surface area contributed by atoms with Crippen molar-refractivity contribution in [3.63, 3.8) is 0 Å². The van der Waals surface area contributed by atoms with Crippen LogP contribution < -0.4 is 4.74 Å². The highest BCUT2D eigenvalue weighted by Crippen LogP contribution is 2.23. The van der Waals surface area contributed by atoms with E-state index in [2.05, 4.69) is 4.74 Å². The summed E-state index contributed by atoms with van der Waals surface area (Å²) in [6, 6.07) is 6.64. The average molecular weight is 245 g/mol. The van der Waals surface area contributed by atoms with Gasteiger partial charge in [-0.25, -0.2) is 0 Å². The summed E-state index contributed by atoms with van der Waals surface area (Å²) >= 11 is 5.73. The van der Waals surface area contributed by atoms with Gasteiger partial charge in [-0.05, 0) is 17.7 Å². The van der Waals surface area contributed by atoms with Gasteiger partial charge in [0.2, 0.25) is 0 Å². The second-order valence-electron chi connectivity index (χ2n) is 3.14. The fourth-order valence-electron chi connectivity index (χ4n) is 1.21. The van der Waals surface area contributed by atoms with E-state index in [0.29, 0.717) is 11.3 Å². The molecule has 1 aromatic carbocycles. The number of hydrogen-bond donors (Lipinski definition) is 1. The van der Waals surface area contributed by atoms with Crippen LogP contribution in [0.15, 0.2) is 24.3 Å². The van der Waals surface area contributed by atoms with Crippen LogP contribution in [0.25, 0.3) is 0 Å². The number of carbonyl (C=O) groups is 1. The number of benzene rings is 1. The van der Waals surface area contributed by atoms with Gasteiger partial charge < -0.3 is 14.6 Å². The molecule has 0 saturated carbocycles. The van der Waals surface area contributed by atoms with Gasteiger partial charge in [0, 0.05) is 0 Å². The molecule has 0 fully saturated rings. The number of ether oxygens (including phenoxy) is 2. The van der Waals surface area contributed by atoms with E-state index in [1.165, 1.54) is 7.11 Å². The standard InChI is InChI=1S/C11H13ClO4/c1-15-8-5-3-7(4-6-8)10(13)9(12)11(14)16-2/h3-6,9-10,13H,1-2H3. The second kappa shape index (κ2) is 5.72. The van der Waals surface area contributed by atoms with E-state index in [1.807, 2.05) is 0 Å². The average Bonchev–Trinajstić information content (AvgIpc) is 2.36. The van der Waals surface area contributed by atoms with E-state index in [4.69, 9.17) is 16.3 Å². The molecule has 2 atom stereocenters. The Morgan fingerprint density at radius 1 is 1.31 bits per heavy atom. The predicted octanol–water partition coefficient (Wildman–Crippen LogP) is 1.51. The number of rotatable bonds is 4. The minimum absolute atomic E-state index is 0.534. The molecule has 1 N–H and O–H groups in total. The van der Waals surface area contributed by atoms with Crippen LogP contribution in [0.3, 0.4) is 0 Å². The first-order valence-corrected chi connectivity index (χ1v) is 5.07. The molecule has 0 amide bonds. The summed E-state index contributed by atoms with van der Waals surface area (Å²) in [6.07, 6.45) is -1.10. The first kappa shape index (κ1) is 12.8. The van der Waals surface area contributed by atoms with Gasteiger partial charge in [-0.15, -0.1) is 11.6 Å². The second-order valence-corrected chi connectivity index (χ2v) is 3.61. The molecule has 0 radical (unpaired) electrons. The lowest BCUT2D eigenvalue weighted by Crippen LogP contribution is -2.23. The highest BCUT2D eigenvalue weighted by Gasteiger charge is 2.26. The third kappa shape index (κ3) is 2.87. The Bertz CT molecular complexity index is 350. The SMILES string of the molecule is COC(=O)C(Cl)C(O)c1ccc(OC)cc1. The maximum atomic E-state index is 11.1. The summed E-state index contributed by atoms with van der Waals surface area (Å²) in [4.78, 5) is 11.1. The number of halogens is 1. The molecule has 0 heterocycles. The van der Waals surface area contributed by atoms with Crippen molar-refractivity contribution in [2.24, 2.45) is 0 Å². The molecule has 2 unspecified atom stereocenters. The van der Waals surface area contributed by atoms with Crippen LogP contribution in [0.5, 0.6) is 5.75 Å². The maximum Gasteiger partial charge on any atom is 0.326 e. The highest BCUT2D eigenvalue weighted by atomic mass is 35.5. The van der Waals surface area contributed by atoms with Crippen LogP contribution in [-0.4, -0.2) is 30.7 Å². The molecule has 4 nitrogen and oxygen atoms in total. The summed E-state index contributed by atoms with van der Waals surface area (Å²) in [5, 5.41) is 8.67. The number of hydrogen-bond acceptors (Lipinski definition) is 4. The fraction of sp³-hybridized carbons (Fsp3) is 0.364. The largest absolute Gasteiger partial charge is 0.497 e. The first-order chi connectivity index (χ1) is 7.60. The van der Waals surface area contributed by atoms with Crippen molar-refractivity contribution in [3.05, 3.63) is 29.8 Å². The van der Waals surface area contributed by atoms with E-state index in [9.17, 15) is 9.90 Å². The van der Waals surface area contributed by atoms with Crippen molar-refractivity contribution in [2.45, 2.75) is 11.5 Å². The predicted molar refractivity (Wildman–Crippen MR) is 59.6 cm³/mol. The van der Waals surface area contributed by atoms with Crippen molar-refractivity contribution in [2.75, 3.05) is 14.2 Å². The zero-order valence-electron chi connectivity index (χ0n) is 9.01. The van der Waals surface area contributed by atoms with E-state index in [0.717, 1.165) is 0 Å². The smallest absolute Gasteiger partial charge is 0.326 e. The molecular weight excluding hydrogens is 232 g/mol. The molecule has 0 aliphatic carbocycles. The molecular formula is C11H13ClO4. The summed E-state index contributed by atoms with van der Waals surface area (Å²) < 4.78 is 9.42. The number of aliphatic hydroxyl groups excluding tert-OH is 1. The monoisotopic (exact) mass is 244 g/mol. The van der Waals surface area contributed by atoms with Crippen LogP contribution in [0.1, 0.15) is 11.7 Å². The van der Waals surface area contributed by atoms with Crippen LogP contribution in [0.4, 0.5) is 0 Å². The van der Waals surface area contributed by atoms with E-state index in [1.54, 1.807) is 31.4 Å². The number of aliphatic hydroxyl groups is 1. The molecule has 1 rings (SSSR count). The molecule has 0 saturated heterocycles. The Hall–Kier alpha value is -1.26. The quantitative estimate of drug-likeness (QED) is 0.644. The number of methoxy groups -OCH3 is 2. The van der Waals surface area contributed by atoms with Crippen LogP contribution in [-0.2, 0) is 9.53 Å². The van der Waals surface area contributed by atoms with Crippen molar-refractivity contribution in [1.82, 2.24) is 0 Å². The first-order valence-electron chi connectivity index (χ1n) is 4.64. The zero-order valence-corrected chi connectivity index (χ0v) is 9.77. The van der Waals surface area contributed by atoms with Gasteiger partial charge in [-0.1, -0.05) is 12.1 Å². The van der Waals surface area contributed by atoms with Crippen molar-refractivity contribution >= 4 is 17.6 Å². The molecule has 0 bridgehead atoms.